The number of benzene rings is 1. The highest BCUT2D eigenvalue weighted by molar-refractivity contribution is 6.42. The second-order valence-corrected chi connectivity index (χ2v) is 7.18. The van der Waals surface area contributed by atoms with Gasteiger partial charge in [-0.05, 0) is 42.5 Å². The Morgan fingerprint density at radius 1 is 1.08 bits per heavy atom. The summed E-state index contributed by atoms with van der Waals surface area (Å²) >= 11 is 18.4. The van der Waals surface area contributed by atoms with Crippen LogP contribution in [-0.4, -0.2) is 14.6 Å². The van der Waals surface area contributed by atoms with Crippen LogP contribution in [0.2, 0.25) is 15.1 Å². The monoisotopic (exact) mass is 381 g/mol. The molecule has 0 saturated heterocycles. The van der Waals surface area contributed by atoms with Crippen molar-refractivity contribution >= 4 is 40.4 Å². The number of halogens is 3. The Kier molecular flexibility index (Phi) is 4.29. The fraction of sp³-hybridized carbons (Fsp3) is 0.294. The summed E-state index contributed by atoms with van der Waals surface area (Å²) in [5.41, 5.74) is 1.54. The first-order chi connectivity index (χ1) is 11.6. The predicted octanol–water partition coefficient (Wildman–Crippen LogP) is 5.22. The lowest BCUT2D eigenvalue weighted by atomic mass is 10.2. The van der Waals surface area contributed by atoms with Gasteiger partial charge >= 0.3 is 0 Å². The number of hydrogen-bond donors (Lipinski definition) is 0. The van der Waals surface area contributed by atoms with E-state index in [-0.39, 0.29) is 0 Å². The minimum absolute atomic E-state index is 0.343. The van der Waals surface area contributed by atoms with Crippen LogP contribution in [-0.2, 0) is 13.0 Å². The average Bonchev–Trinajstić information content (AvgIpc) is 3.29. The quantitative estimate of drug-likeness (QED) is 0.607. The van der Waals surface area contributed by atoms with E-state index < -0.39 is 0 Å². The lowest BCUT2D eigenvalue weighted by Gasteiger charge is -2.09. The smallest absolute Gasteiger partial charge is 0.183 e. The maximum Gasteiger partial charge on any atom is 0.183 e. The third-order valence-electron chi connectivity index (χ3n) is 4.10. The number of hydrogen-bond acceptors (Lipinski definition) is 3. The van der Waals surface area contributed by atoms with E-state index in [2.05, 4.69) is 10.2 Å². The normalized spacial score (nSPS) is 14.3. The Morgan fingerprint density at radius 2 is 1.92 bits per heavy atom. The van der Waals surface area contributed by atoms with Crippen molar-refractivity contribution in [2.24, 2.45) is 5.92 Å². The maximum absolute atomic E-state index is 6.43. The van der Waals surface area contributed by atoms with Gasteiger partial charge in [-0.3, -0.25) is 4.40 Å². The van der Waals surface area contributed by atoms with E-state index in [1.807, 2.05) is 22.7 Å². The van der Waals surface area contributed by atoms with Crippen LogP contribution in [0.5, 0.6) is 5.75 Å². The molecule has 1 fully saturated rings. The van der Waals surface area contributed by atoms with E-state index >= 15 is 0 Å². The molecule has 7 heteroatoms. The fourth-order valence-corrected chi connectivity index (χ4v) is 3.14. The first-order valence-corrected chi connectivity index (χ1v) is 8.84. The Bertz CT molecular complexity index is 905. The van der Waals surface area contributed by atoms with Crippen LogP contribution in [0.3, 0.4) is 0 Å². The van der Waals surface area contributed by atoms with Crippen LogP contribution in [0.4, 0.5) is 0 Å². The van der Waals surface area contributed by atoms with Crippen molar-refractivity contribution in [2.45, 2.75) is 25.9 Å². The van der Waals surface area contributed by atoms with E-state index in [1.54, 1.807) is 12.1 Å². The molecule has 1 aliphatic rings. The highest BCUT2D eigenvalue weighted by atomic mass is 35.5. The molecule has 0 aliphatic heterocycles. The number of pyridine rings is 1. The molecule has 4 rings (SSSR count). The number of aromatic nitrogens is 3. The van der Waals surface area contributed by atoms with Crippen molar-refractivity contribution < 1.29 is 4.74 Å². The van der Waals surface area contributed by atoms with Gasteiger partial charge in [-0.15, -0.1) is 10.2 Å². The molecule has 0 N–H and O–H groups in total. The fourth-order valence-electron chi connectivity index (χ4n) is 2.58. The molecule has 1 saturated carbocycles. The summed E-state index contributed by atoms with van der Waals surface area (Å²) in [6.07, 6.45) is 5.39. The molecule has 4 nitrogen and oxygen atoms in total. The maximum atomic E-state index is 6.43. The SMILES string of the molecule is Clc1ccc(COc2ccn3c(CC4CC4)nnc3c2Cl)cc1Cl. The zero-order valence-electron chi connectivity index (χ0n) is 12.7. The molecule has 124 valence electrons. The minimum atomic E-state index is 0.343. The van der Waals surface area contributed by atoms with Gasteiger partial charge in [0.15, 0.2) is 5.65 Å². The van der Waals surface area contributed by atoms with E-state index in [0.29, 0.717) is 33.1 Å². The summed E-state index contributed by atoms with van der Waals surface area (Å²) in [6, 6.07) is 7.23. The zero-order chi connectivity index (χ0) is 16.7. The standard InChI is InChI=1S/C17H14Cl3N3O/c18-12-4-3-11(7-13(12)19)9-24-14-5-6-23-15(8-10-1-2-10)21-22-17(23)16(14)20/h3-7,10H,1-2,8-9H2. The molecule has 1 aliphatic carbocycles. The van der Waals surface area contributed by atoms with Gasteiger partial charge < -0.3 is 4.74 Å². The van der Waals surface area contributed by atoms with Crippen LogP contribution in [0.1, 0.15) is 24.2 Å². The van der Waals surface area contributed by atoms with Crippen LogP contribution < -0.4 is 4.74 Å². The Morgan fingerprint density at radius 3 is 2.67 bits per heavy atom. The lowest BCUT2D eigenvalue weighted by Crippen LogP contribution is -1.99. The molecular weight excluding hydrogens is 369 g/mol. The van der Waals surface area contributed by atoms with Gasteiger partial charge in [0.05, 0.1) is 10.0 Å². The highest BCUT2D eigenvalue weighted by Crippen LogP contribution is 2.34. The van der Waals surface area contributed by atoms with Gasteiger partial charge in [-0.1, -0.05) is 40.9 Å². The largest absolute Gasteiger partial charge is 0.487 e. The molecular formula is C17H14Cl3N3O. The summed E-state index contributed by atoms with van der Waals surface area (Å²) < 4.78 is 7.75. The molecule has 0 spiro atoms. The predicted molar refractivity (Wildman–Crippen MR) is 95.2 cm³/mol. The molecule has 24 heavy (non-hydrogen) atoms. The van der Waals surface area contributed by atoms with Crippen LogP contribution in [0.25, 0.3) is 5.65 Å². The van der Waals surface area contributed by atoms with E-state index in [0.717, 1.165) is 23.7 Å². The molecule has 0 unspecified atom stereocenters. The van der Waals surface area contributed by atoms with E-state index in [9.17, 15) is 0 Å². The number of rotatable bonds is 5. The van der Waals surface area contributed by atoms with Gasteiger partial charge in [-0.2, -0.15) is 0 Å². The molecule has 0 atom stereocenters. The van der Waals surface area contributed by atoms with E-state index in [4.69, 9.17) is 39.5 Å². The van der Waals surface area contributed by atoms with Gasteiger partial charge in [0.25, 0.3) is 0 Å². The van der Waals surface area contributed by atoms with E-state index in [1.165, 1.54) is 12.8 Å². The van der Waals surface area contributed by atoms with Crippen LogP contribution in [0, 0.1) is 5.92 Å². The minimum Gasteiger partial charge on any atom is -0.487 e. The van der Waals surface area contributed by atoms with Crippen molar-refractivity contribution in [3.63, 3.8) is 0 Å². The first-order valence-electron chi connectivity index (χ1n) is 7.70. The van der Waals surface area contributed by atoms with Crippen molar-refractivity contribution in [1.29, 1.82) is 0 Å². The van der Waals surface area contributed by atoms with Gasteiger partial charge in [-0.25, -0.2) is 0 Å². The Labute approximate surface area is 154 Å². The van der Waals surface area contributed by atoms with Crippen molar-refractivity contribution in [3.05, 3.63) is 56.9 Å². The van der Waals surface area contributed by atoms with Crippen molar-refractivity contribution in [2.75, 3.05) is 0 Å². The van der Waals surface area contributed by atoms with Gasteiger partial charge in [0.2, 0.25) is 0 Å². The third-order valence-corrected chi connectivity index (χ3v) is 5.19. The average molecular weight is 383 g/mol. The second kappa shape index (κ2) is 6.43. The Balaban J connectivity index is 1.55. The summed E-state index contributed by atoms with van der Waals surface area (Å²) in [4.78, 5) is 0. The summed E-state index contributed by atoms with van der Waals surface area (Å²) in [6.45, 7) is 0.343. The van der Waals surface area contributed by atoms with Crippen LogP contribution >= 0.6 is 34.8 Å². The first kappa shape index (κ1) is 16.0. The molecule has 3 aromatic rings. The zero-order valence-corrected chi connectivity index (χ0v) is 14.9. The second-order valence-electron chi connectivity index (χ2n) is 5.99. The molecule has 1 aromatic carbocycles. The molecule has 0 amide bonds. The number of ether oxygens (including phenoxy) is 1. The molecule has 2 heterocycles. The Hall–Kier alpha value is -1.49. The summed E-state index contributed by atoms with van der Waals surface area (Å²) in [5.74, 6) is 2.26. The highest BCUT2D eigenvalue weighted by Gasteiger charge is 2.24. The number of fused-ring (bicyclic) bond motifs is 1. The molecule has 0 bridgehead atoms. The van der Waals surface area contributed by atoms with Crippen LogP contribution in [0.15, 0.2) is 30.5 Å². The molecule has 0 radical (unpaired) electrons. The van der Waals surface area contributed by atoms with Crippen molar-refractivity contribution in [1.82, 2.24) is 14.6 Å². The van der Waals surface area contributed by atoms with Gasteiger partial charge in [0.1, 0.15) is 23.2 Å². The van der Waals surface area contributed by atoms with Gasteiger partial charge in [0, 0.05) is 12.6 Å². The topological polar surface area (TPSA) is 39.4 Å². The summed E-state index contributed by atoms with van der Waals surface area (Å²) in [5, 5.41) is 9.95. The van der Waals surface area contributed by atoms with Crippen molar-refractivity contribution in [3.8, 4) is 5.75 Å². The third kappa shape index (κ3) is 3.18. The summed E-state index contributed by atoms with van der Waals surface area (Å²) in [7, 11) is 0. The molecule has 2 aromatic heterocycles. The lowest BCUT2D eigenvalue weighted by molar-refractivity contribution is 0.306. The number of nitrogens with zero attached hydrogens (tertiary/aromatic N) is 3.